The molecular weight excluding hydrogens is 357 g/mol. The Morgan fingerprint density at radius 3 is 2.89 bits per heavy atom. The van der Waals surface area contributed by atoms with E-state index in [0.717, 1.165) is 28.8 Å². The molecule has 0 saturated carbocycles. The van der Waals surface area contributed by atoms with E-state index in [0.29, 0.717) is 26.1 Å². The summed E-state index contributed by atoms with van der Waals surface area (Å²) < 4.78 is 13.8. The van der Waals surface area contributed by atoms with Crippen LogP contribution in [0.25, 0.3) is 0 Å². The Balaban J connectivity index is 1.55. The van der Waals surface area contributed by atoms with Crippen LogP contribution in [0.15, 0.2) is 42.5 Å². The summed E-state index contributed by atoms with van der Waals surface area (Å²) in [5.74, 6) is -0.188. The molecule has 0 spiro atoms. The van der Waals surface area contributed by atoms with E-state index in [1.54, 1.807) is 11.8 Å². The topological polar surface area (TPSA) is 61.4 Å². The van der Waals surface area contributed by atoms with Gasteiger partial charge >= 0.3 is 0 Å². The monoisotopic (exact) mass is 381 g/mol. The van der Waals surface area contributed by atoms with Gasteiger partial charge in [0, 0.05) is 50.6 Å². The number of hydrogen-bond donors (Lipinski definition) is 2. The second kappa shape index (κ2) is 7.72. The van der Waals surface area contributed by atoms with Crippen molar-refractivity contribution < 1.29 is 14.0 Å². The van der Waals surface area contributed by atoms with E-state index in [2.05, 4.69) is 16.7 Å². The molecule has 0 aliphatic carbocycles. The maximum atomic E-state index is 13.8. The molecular formula is C22H24FN3O2. The molecule has 2 aromatic rings. The Labute approximate surface area is 163 Å². The second-order valence-electron chi connectivity index (χ2n) is 7.57. The van der Waals surface area contributed by atoms with E-state index < -0.39 is 0 Å². The van der Waals surface area contributed by atoms with Crippen molar-refractivity contribution in [1.29, 1.82) is 0 Å². The van der Waals surface area contributed by atoms with Gasteiger partial charge in [-0.25, -0.2) is 4.39 Å². The van der Waals surface area contributed by atoms with Crippen molar-refractivity contribution in [1.82, 2.24) is 10.2 Å². The second-order valence-corrected chi connectivity index (χ2v) is 7.57. The lowest BCUT2D eigenvalue weighted by molar-refractivity contribution is -0.129. The lowest BCUT2D eigenvalue weighted by atomic mass is 9.89. The minimum Gasteiger partial charge on any atom is -0.339 e. The van der Waals surface area contributed by atoms with Crippen LogP contribution >= 0.6 is 0 Å². The zero-order valence-corrected chi connectivity index (χ0v) is 15.9. The molecule has 2 aromatic carbocycles. The summed E-state index contributed by atoms with van der Waals surface area (Å²) in [6.07, 6.45) is 1.19. The third-order valence-electron chi connectivity index (χ3n) is 5.69. The number of hydrogen-bond acceptors (Lipinski definition) is 3. The van der Waals surface area contributed by atoms with Crippen LogP contribution in [0.2, 0.25) is 0 Å². The number of nitrogens with zero attached hydrogens (tertiary/aromatic N) is 1. The first-order valence-corrected chi connectivity index (χ1v) is 9.67. The fourth-order valence-corrected chi connectivity index (χ4v) is 4.23. The predicted molar refractivity (Wildman–Crippen MR) is 105 cm³/mol. The van der Waals surface area contributed by atoms with Crippen LogP contribution in [0.3, 0.4) is 0 Å². The summed E-state index contributed by atoms with van der Waals surface area (Å²) in [6, 6.07) is 12.7. The van der Waals surface area contributed by atoms with Crippen molar-refractivity contribution >= 4 is 17.5 Å². The molecule has 2 heterocycles. The molecule has 6 heteroatoms. The maximum absolute atomic E-state index is 13.8. The average Bonchev–Trinajstić information content (AvgIpc) is 2.85. The number of anilines is 1. The highest BCUT2D eigenvalue weighted by molar-refractivity contribution is 5.94. The largest absolute Gasteiger partial charge is 0.339 e. The molecule has 0 fully saturated rings. The number of para-hydroxylation sites is 1. The minimum absolute atomic E-state index is 0.00580. The van der Waals surface area contributed by atoms with Gasteiger partial charge in [-0.05, 0) is 41.3 Å². The molecule has 28 heavy (non-hydrogen) atoms. The van der Waals surface area contributed by atoms with E-state index in [9.17, 15) is 14.0 Å². The smallest absolute Gasteiger partial charge is 0.225 e. The van der Waals surface area contributed by atoms with Crippen LogP contribution in [0.1, 0.15) is 48.4 Å². The molecule has 2 aliphatic rings. The zero-order chi connectivity index (χ0) is 19.7. The van der Waals surface area contributed by atoms with E-state index in [-0.39, 0.29) is 29.6 Å². The number of nitrogens with one attached hydrogen (secondary N) is 2. The number of amides is 2. The molecule has 146 valence electrons. The molecule has 0 saturated heterocycles. The summed E-state index contributed by atoms with van der Waals surface area (Å²) in [6.45, 7) is 3.23. The van der Waals surface area contributed by atoms with Crippen molar-refractivity contribution in [2.24, 2.45) is 0 Å². The highest BCUT2D eigenvalue weighted by Gasteiger charge is 2.28. The average molecular weight is 381 g/mol. The first-order chi connectivity index (χ1) is 13.5. The van der Waals surface area contributed by atoms with Crippen LogP contribution in [-0.4, -0.2) is 29.8 Å². The SMILES string of the molecule is CC(=O)N1CCC(NCC2CC(=O)Nc3ccccc32)c2ccc(F)cc2C1. The number of fused-ring (bicyclic) bond motifs is 2. The van der Waals surface area contributed by atoms with Gasteiger partial charge in [0.2, 0.25) is 11.8 Å². The van der Waals surface area contributed by atoms with Crippen molar-refractivity contribution in [2.75, 3.05) is 18.4 Å². The van der Waals surface area contributed by atoms with E-state index >= 15 is 0 Å². The van der Waals surface area contributed by atoms with Crippen LogP contribution in [0, 0.1) is 5.82 Å². The molecule has 5 nitrogen and oxygen atoms in total. The first kappa shape index (κ1) is 18.6. The third kappa shape index (κ3) is 3.78. The molecule has 0 bridgehead atoms. The van der Waals surface area contributed by atoms with Gasteiger partial charge in [0.05, 0.1) is 0 Å². The maximum Gasteiger partial charge on any atom is 0.225 e. The summed E-state index contributed by atoms with van der Waals surface area (Å²) >= 11 is 0. The van der Waals surface area contributed by atoms with Gasteiger partial charge in [-0.3, -0.25) is 9.59 Å². The molecule has 2 N–H and O–H groups in total. The lowest BCUT2D eigenvalue weighted by Gasteiger charge is -2.28. The quantitative estimate of drug-likeness (QED) is 0.857. The number of carbonyl (C=O) groups excluding carboxylic acids is 2. The van der Waals surface area contributed by atoms with E-state index in [1.165, 1.54) is 12.1 Å². The lowest BCUT2D eigenvalue weighted by Crippen LogP contribution is -2.33. The zero-order valence-electron chi connectivity index (χ0n) is 15.9. The van der Waals surface area contributed by atoms with Crippen molar-refractivity contribution in [3.8, 4) is 0 Å². The Hall–Kier alpha value is -2.73. The van der Waals surface area contributed by atoms with Crippen molar-refractivity contribution in [3.05, 3.63) is 65.0 Å². The fraction of sp³-hybridized carbons (Fsp3) is 0.364. The Bertz CT molecular complexity index is 914. The van der Waals surface area contributed by atoms with Gasteiger partial charge < -0.3 is 15.5 Å². The van der Waals surface area contributed by atoms with Crippen LogP contribution < -0.4 is 10.6 Å². The predicted octanol–water partition coefficient (Wildman–Crippen LogP) is 3.33. The van der Waals surface area contributed by atoms with Gasteiger partial charge in [-0.1, -0.05) is 24.3 Å². The molecule has 2 aliphatic heterocycles. The van der Waals surface area contributed by atoms with E-state index in [4.69, 9.17) is 0 Å². The van der Waals surface area contributed by atoms with Crippen LogP contribution in [0.4, 0.5) is 10.1 Å². The summed E-state index contributed by atoms with van der Waals surface area (Å²) in [5, 5.41) is 6.51. The van der Waals surface area contributed by atoms with Crippen LogP contribution in [-0.2, 0) is 16.1 Å². The highest BCUT2D eigenvalue weighted by atomic mass is 19.1. The van der Waals surface area contributed by atoms with Gasteiger partial charge in [0.25, 0.3) is 0 Å². The summed E-state index contributed by atoms with van der Waals surface area (Å²) in [5.41, 5.74) is 3.87. The van der Waals surface area contributed by atoms with Gasteiger partial charge in [-0.15, -0.1) is 0 Å². The Kier molecular flexibility index (Phi) is 5.13. The number of halogens is 1. The summed E-state index contributed by atoms with van der Waals surface area (Å²) in [4.78, 5) is 25.7. The first-order valence-electron chi connectivity index (χ1n) is 9.67. The van der Waals surface area contributed by atoms with Gasteiger partial charge in [-0.2, -0.15) is 0 Å². The standard InChI is InChI=1S/C22H24FN3O2/c1-14(27)26-9-8-20(19-7-6-17(23)10-16(19)13-26)24-12-15-11-22(28)25-21-5-3-2-4-18(15)21/h2-7,10,15,20,24H,8-9,11-13H2,1H3,(H,25,28). The molecule has 2 atom stereocenters. The third-order valence-corrected chi connectivity index (χ3v) is 5.69. The van der Waals surface area contributed by atoms with Crippen LogP contribution in [0.5, 0.6) is 0 Å². The normalized spacial score (nSPS) is 21.4. The molecule has 2 unspecified atom stereocenters. The number of benzene rings is 2. The molecule has 0 aromatic heterocycles. The summed E-state index contributed by atoms with van der Waals surface area (Å²) in [7, 11) is 0. The molecule has 4 rings (SSSR count). The molecule has 0 radical (unpaired) electrons. The molecule has 2 amide bonds. The van der Waals surface area contributed by atoms with Crippen molar-refractivity contribution in [2.45, 2.75) is 38.3 Å². The van der Waals surface area contributed by atoms with Gasteiger partial charge in [0.1, 0.15) is 5.82 Å². The van der Waals surface area contributed by atoms with E-state index in [1.807, 2.05) is 24.3 Å². The minimum atomic E-state index is -0.291. The Morgan fingerprint density at radius 1 is 1.25 bits per heavy atom. The fourth-order valence-electron chi connectivity index (χ4n) is 4.23. The van der Waals surface area contributed by atoms with Gasteiger partial charge in [0.15, 0.2) is 0 Å². The van der Waals surface area contributed by atoms with Crippen molar-refractivity contribution in [3.63, 3.8) is 0 Å². The Morgan fingerprint density at radius 2 is 2.07 bits per heavy atom. The number of rotatable bonds is 3. The highest BCUT2D eigenvalue weighted by Crippen LogP contribution is 2.33. The number of carbonyl (C=O) groups is 2.